The van der Waals surface area contributed by atoms with Crippen LogP contribution in [-0.2, 0) is 4.74 Å². The number of aromatic nitrogens is 3. The number of rotatable bonds is 11. The van der Waals surface area contributed by atoms with Crippen LogP contribution in [-0.4, -0.2) is 54.3 Å². The lowest BCUT2D eigenvalue weighted by Crippen LogP contribution is -2.16. The second-order valence-electron chi connectivity index (χ2n) is 4.02. The van der Waals surface area contributed by atoms with Crippen molar-refractivity contribution in [1.82, 2.24) is 15.0 Å². The van der Waals surface area contributed by atoms with E-state index in [9.17, 15) is 8.78 Å². The Hall–Kier alpha value is -1.77. The Labute approximate surface area is 122 Å². The summed E-state index contributed by atoms with van der Waals surface area (Å²) >= 11 is 0. The smallest absolute Gasteiger partial charge is 0.323 e. The molecular formula is C12H21F2N5O2. The zero-order valence-corrected chi connectivity index (χ0v) is 12.2. The zero-order chi connectivity index (χ0) is 15.5. The van der Waals surface area contributed by atoms with Gasteiger partial charge in [0.15, 0.2) is 0 Å². The van der Waals surface area contributed by atoms with Crippen molar-refractivity contribution >= 4 is 11.9 Å². The van der Waals surface area contributed by atoms with E-state index in [1.165, 1.54) is 0 Å². The Balaban J connectivity index is 2.52. The third-order valence-electron chi connectivity index (χ3n) is 2.19. The van der Waals surface area contributed by atoms with Gasteiger partial charge >= 0.3 is 6.01 Å². The lowest BCUT2D eigenvalue weighted by Gasteiger charge is -2.10. The molecule has 0 bridgehead atoms. The molecule has 0 atom stereocenters. The third-order valence-corrected chi connectivity index (χ3v) is 2.19. The molecule has 1 rings (SSSR count). The molecule has 120 valence electrons. The highest BCUT2D eigenvalue weighted by Gasteiger charge is 2.07. The van der Waals surface area contributed by atoms with Crippen molar-refractivity contribution in [3.63, 3.8) is 0 Å². The molecule has 2 N–H and O–H groups in total. The number of nitrogens with zero attached hydrogens (tertiary/aromatic N) is 3. The molecule has 0 aromatic carbocycles. The van der Waals surface area contributed by atoms with Crippen LogP contribution >= 0.6 is 0 Å². The third kappa shape index (κ3) is 7.54. The molecule has 0 unspecified atom stereocenters. The van der Waals surface area contributed by atoms with Crippen molar-refractivity contribution < 1.29 is 18.3 Å². The molecule has 1 aromatic heterocycles. The van der Waals surface area contributed by atoms with Crippen LogP contribution in [0.1, 0.15) is 20.3 Å². The van der Waals surface area contributed by atoms with Gasteiger partial charge in [0.1, 0.15) is 6.61 Å². The molecule has 9 heteroatoms. The van der Waals surface area contributed by atoms with Gasteiger partial charge in [-0.15, -0.1) is 0 Å². The van der Waals surface area contributed by atoms with E-state index in [4.69, 9.17) is 9.47 Å². The van der Waals surface area contributed by atoms with E-state index >= 15 is 0 Å². The molecule has 0 spiro atoms. The Kier molecular flexibility index (Phi) is 8.25. The average molecular weight is 305 g/mol. The van der Waals surface area contributed by atoms with E-state index < -0.39 is 13.0 Å². The van der Waals surface area contributed by atoms with Gasteiger partial charge in [-0.2, -0.15) is 15.0 Å². The second-order valence-corrected chi connectivity index (χ2v) is 4.02. The lowest BCUT2D eigenvalue weighted by molar-refractivity contribution is 0.0214. The fourth-order valence-corrected chi connectivity index (χ4v) is 1.35. The zero-order valence-electron chi connectivity index (χ0n) is 12.2. The number of hydrogen-bond acceptors (Lipinski definition) is 7. The Morgan fingerprint density at radius 3 is 2.29 bits per heavy atom. The molecule has 21 heavy (non-hydrogen) atoms. The summed E-state index contributed by atoms with van der Waals surface area (Å²) in [4.78, 5) is 12.3. The molecule has 0 aliphatic carbocycles. The number of anilines is 2. The van der Waals surface area contributed by atoms with Gasteiger partial charge in [-0.1, -0.05) is 6.92 Å². The molecular weight excluding hydrogens is 284 g/mol. The highest BCUT2D eigenvalue weighted by atomic mass is 19.3. The summed E-state index contributed by atoms with van der Waals surface area (Å²) in [5.74, 6) is 0.721. The number of hydrogen-bond donors (Lipinski definition) is 2. The van der Waals surface area contributed by atoms with E-state index in [-0.39, 0.29) is 12.6 Å². The number of nitrogens with one attached hydrogen (secondary N) is 2. The van der Waals surface area contributed by atoms with Crippen LogP contribution in [0.5, 0.6) is 6.01 Å². The molecule has 7 nitrogen and oxygen atoms in total. The number of halogens is 2. The quantitative estimate of drug-likeness (QED) is 0.603. The van der Waals surface area contributed by atoms with Gasteiger partial charge in [-0.25, -0.2) is 8.78 Å². The molecule has 0 saturated carbocycles. The molecule has 0 aliphatic heterocycles. The van der Waals surface area contributed by atoms with Gasteiger partial charge in [-0.05, 0) is 13.3 Å². The summed E-state index contributed by atoms with van der Waals surface area (Å²) in [6.07, 6.45) is -1.53. The first-order chi connectivity index (χ1) is 10.2. The van der Waals surface area contributed by atoms with Crippen molar-refractivity contribution in [2.24, 2.45) is 0 Å². The standard InChI is InChI=1S/C12H21F2N5O2/c1-3-5-15-10-17-11(19-12(18-10)21-4-2)16-6-7-20-8-9(13)14/h9H,3-8H2,1-2H3,(H2,15,16,17,18,19). The topological polar surface area (TPSA) is 81.2 Å². The Morgan fingerprint density at radius 2 is 1.71 bits per heavy atom. The molecule has 1 aromatic rings. The molecule has 0 amide bonds. The van der Waals surface area contributed by atoms with Gasteiger partial charge in [0, 0.05) is 13.1 Å². The number of alkyl halides is 2. The summed E-state index contributed by atoms with van der Waals surface area (Å²) < 4.78 is 33.8. The Morgan fingerprint density at radius 1 is 1.05 bits per heavy atom. The van der Waals surface area contributed by atoms with Crippen LogP contribution in [0.3, 0.4) is 0 Å². The van der Waals surface area contributed by atoms with Crippen molar-refractivity contribution in [3.05, 3.63) is 0 Å². The first-order valence-electron chi connectivity index (χ1n) is 6.88. The molecule has 0 radical (unpaired) electrons. The molecule has 0 aliphatic rings. The maximum Gasteiger partial charge on any atom is 0.323 e. The van der Waals surface area contributed by atoms with Crippen LogP contribution in [0.15, 0.2) is 0 Å². The monoisotopic (exact) mass is 305 g/mol. The average Bonchev–Trinajstić information content (AvgIpc) is 2.44. The highest BCUT2D eigenvalue weighted by molar-refractivity contribution is 5.35. The largest absolute Gasteiger partial charge is 0.464 e. The van der Waals surface area contributed by atoms with Gasteiger partial charge in [0.25, 0.3) is 6.43 Å². The van der Waals surface area contributed by atoms with Crippen LogP contribution in [0.4, 0.5) is 20.7 Å². The maximum atomic E-state index is 11.9. The van der Waals surface area contributed by atoms with E-state index in [2.05, 4.69) is 25.6 Å². The van der Waals surface area contributed by atoms with Crippen LogP contribution < -0.4 is 15.4 Å². The van der Waals surface area contributed by atoms with Crippen molar-refractivity contribution in [2.45, 2.75) is 26.7 Å². The minimum absolute atomic E-state index is 0.137. The summed E-state index contributed by atoms with van der Waals surface area (Å²) in [5, 5.41) is 5.92. The van der Waals surface area contributed by atoms with Crippen LogP contribution in [0.25, 0.3) is 0 Å². The summed E-state index contributed by atoms with van der Waals surface area (Å²) in [6, 6.07) is 0.210. The lowest BCUT2D eigenvalue weighted by atomic mass is 10.5. The molecule has 0 fully saturated rings. The predicted molar refractivity (Wildman–Crippen MR) is 75.1 cm³/mol. The van der Waals surface area contributed by atoms with Crippen molar-refractivity contribution in [3.8, 4) is 6.01 Å². The minimum atomic E-state index is -2.46. The number of ether oxygens (including phenoxy) is 2. The van der Waals surface area contributed by atoms with E-state index in [1.807, 2.05) is 13.8 Å². The first-order valence-corrected chi connectivity index (χ1v) is 6.88. The molecule has 1 heterocycles. The van der Waals surface area contributed by atoms with Crippen molar-refractivity contribution in [2.75, 3.05) is 43.5 Å². The first kappa shape index (κ1) is 17.3. The summed E-state index contributed by atoms with van der Waals surface area (Å²) in [5.41, 5.74) is 0. The van der Waals surface area contributed by atoms with E-state index in [1.54, 1.807) is 0 Å². The SMILES string of the molecule is CCCNc1nc(NCCOCC(F)F)nc(OCC)n1. The van der Waals surface area contributed by atoms with Gasteiger partial charge in [0.2, 0.25) is 11.9 Å². The minimum Gasteiger partial charge on any atom is -0.464 e. The van der Waals surface area contributed by atoms with Gasteiger partial charge < -0.3 is 20.1 Å². The maximum absolute atomic E-state index is 11.9. The van der Waals surface area contributed by atoms with Gasteiger partial charge in [0.05, 0.1) is 13.2 Å². The van der Waals surface area contributed by atoms with E-state index in [0.717, 1.165) is 13.0 Å². The highest BCUT2D eigenvalue weighted by Crippen LogP contribution is 2.11. The Bertz CT molecular complexity index is 409. The summed E-state index contributed by atoms with van der Waals surface area (Å²) in [6.45, 7) is 4.89. The predicted octanol–water partition coefficient (Wildman–Crippen LogP) is 1.79. The van der Waals surface area contributed by atoms with E-state index in [0.29, 0.717) is 25.0 Å². The fraction of sp³-hybridized carbons (Fsp3) is 0.750. The van der Waals surface area contributed by atoms with Crippen LogP contribution in [0, 0.1) is 0 Å². The van der Waals surface area contributed by atoms with Crippen LogP contribution in [0.2, 0.25) is 0 Å². The van der Waals surface area contributed by atoms with Crippen molar-refractivity contribution in [1.29, 1.82) is 0 Å². The second kappa shape index (κ2) is 10.0. The molecule has 0 saturated heterocycles. The summed E-state index contributed by atoms with van der Waals surface area (Å²) in [7, 11) is 0. The van der Waals surface area contributed by atoms with Gasteiger partial charge in [-0.3, -0.25) is 0 Å². The fourth-order valence-electron chi connectivity index (χ4n) is 1.35. The normalized spacial score (nSPS) is 10.7.